The molecule has 0 unspecified atom stereocenters. The molecule has 1 fully saturated rings. The number of thiophene rings is 1. The summed E-state index contributed by atoms with van der Waals surface area (Å²) in [5.74, 6) is 1.34. The Morgan fingerprint density at radius 1 is 1.07 bits per heavy atom. The normalized spacial score (nSPS) is 18.7. The van der Waals surface area contributed by atoms with Crippen LogP contribution in [0.3, 0.4) is 0 Å². The molecule has 0 aliphatic carbocycles. The van der Waals surface area contributed by atoms with E-state index in [4.69, 9.17) is 4.98 Å². The first-order valence-electron chi connectivity index (χ1n) is 10.4. The molecule has 0 atom stereocenters. The number of imidazole rings is 1. The Balaban J connectivity index is 1.46. The zero-order chi connectivity index (χ0) is 19.8. The predicted molar refractivity (Wildman–Crippen MR) is 116 cm³/mol. The van der Waals surface area contributed by atoms with Crippen molar-refractivity contribution in [3.05, 3.63) is 64.7 Å². The molecule has 1 amide bonds. The van der Waals surface area contributed by atoms with Gasteiger partial charge in [-0.3, -0.25) is 9.69 Å². The first-order chi connectivity index (χ1) is 14.2. The van der Waals surface area contributed by atoms with Crippen molar-refractivity contribution >= 4 is 17.2 Å². The van der Waals surface area contributed by atoms with Crippen LogP contribution in [-0.4, -0.2) is 51.4 Å². The van der Waals surface area contributed by atoms with E-state index in [0.29, 0.717) is 0 Å². The molecule has 0 radical (unpaired) electrons. The van der Waals surface area contributed by atoms with Gasteiger partial charge in [0.25, 0.3) is 5.91 Å². The predicted octanol–water partition coefficient (Wildman–Crippen LogP) is 4.08. The number of nitrogens with zero attached hydrogens (tertiary/aromatic N) is 4. The van der Waals surface area contributed by atoms with Crippen LogP contribution in [-0.2, 0) is 12.1 Å². The van der Waals surface area contributed by atoms with E-state index in [2.05, 4.69) is 46.7 Å². The van der Waals surface area contributed by atoms with E-state index >= 15 is 0 Å². The summed E-state index contributed by atoms with van der Waals surface area (Å²) in [6, 6.07) is 14.4. The van der Waals surface area contributed by atoms with Crippen LogP contribution >= 0.6 is 11.3 Å². The largest absolute Gasteiger partial charge is 0.338 e. The second-order valence-electron chi connectivity index (χ2n) is 7.87. The van der Waals surface area contributed by atoms with Gasteiger partial charge in [-0.1, -0.05) is 43.3 Å². The van der Waals surface area contributed by atoms with Gasteiger partial charge in [0, 0.05) is 26.2 Å². The van der Waals surface area contributed by atoms with Gasteiger partial charge in [0.1, 0.15) is 5.82 Å². The van der Waals surface area contributed by atoms with Crippen LogP contribution in [0.4, 0.5) is 0 Å². The highest BCUT2D eigenvalue weighted by atomic mass is 32.1. The van der Waals surface area contributed by atoms with Gasteiger partial charge in [0.15, 0.2) is 0 Å². The molecule has 2 aliphatic rings. The summed E-state index contributed by atoms with van der Waals surface area (Å²) in [5.41, 5.74) is 2.34. The Hall–Kier alpha value is -2.44. The Morgan fingerprint density at radius 3 is 2.55 bits per heavy atom. The molecule has 6 heteroatoms. The van der Waals surface area contributed by atoms with E-state index in [1.54, 1.807) is 0 Å². The minimum Gasteiger partial charge on any atom is -0.338 e. The first kappa shape index (κ1) is 18.6. The lowest BCUT2D eigenvalue weighted by molar-refractivity contribution is -0.00300. The minimum atomic E-state index is -0.0771. The Kier molecular flexibility index (Phi) is 4.76. The Bertz CT molecular complexity index is 987. The van der Waals surface area contributed by atoms with Crippen LogP contribution in [0, 0.1) is 0 Å². The van der Waals surface area contributed by atoms with Gasteiger partial charge in [-0.15, -0.1) is 11.3 Å². The van der Waals surface area contributed by atoms with E-state index in [9.17, 15) is 4.79 Å². The average Bonchev–Trinajstić information content (AvgIpc) is 3.45. The molecular weight excluding hydrogens is 380 g/mol. The summed E-state index contributed by atoms with van der Waals surface area (Å²) >= 11 is 1.53. The molecule has 4 heterocycles. The molecule has 0 N–H and O–H groups in total. The smallest absolute Gasteiger partial charge is 0.263 e. The molecule has 29 heavy (non-hydrogen) atoms. The molecule has 5 rings (SSSR count). The van der Waals surface area contributed by atoms with E-state index < -0.39 is 0 Å². The van der Waals surface area contributed by atoms with Crippen molar-refractivity contribution in [2.45, 2.75) is 31.8 Å². The van der Waals surface area contributed by atoms with Gasteiger partial charge in [0.05, 0.1) is 22.3 Å². The van der Waals surface area contributed by atoms with Crippen molar-refractivity contribution in [3.63, 3.8) is 0 Å². The first-order valence-corrected chi connectivity index (χ1v) is 11.3. The number of likely N-dealkylation sites (tertiary alicyclic amines) is 1. The molecule has 1 saturated heterocycles. The van der Waals surface area contributed by atoms with Gasteiger partial charge in [-0.2, -0.15) is 0 Å². The van der Waals surface area contributed by atoms with E-state index in [-0.39, 0.29) is 11.4 Å². The van der Waals surface area contributed by atoms with Gasteiger partial charge in [0.2, 0.25) is 0 Å². The number of aromatic nitrogens is 2. The standard InChI is InChI=1S/C23H26N4OS/c1-2-26-14-15-27-19(18-7-4-3-5-8-18)17-24-22(27)23(26)10-12-25(13-11-23)21(28)20-9-6-16-29-20/h3-9,16-17H,2,10-15H2,1H3. The van der Waals surface area contributed by atoms with Crippen molar-refractivity contribution in [1.29, 1.82) is 0 Å². The number of hydrogen-bond donors (Lipinski definition) is 0. The van der Waals surface area contributed by atoms with Crippen LogP contribution in [0.25, 0.3) is 11.3 Å². The lowest BCUT2D eigenvalue weighted by Crippen LogP contribution is -2.58. The SMILES string of the molecule is CCN1CCn2c(-c3ccccc3)cnc2C12CCN(C(=O)c1cccs1)CC2. The maximum Gasteiger partial charge on any atom is 0.263 e. The second kappa shape index (κ2) is 7.43. The second-order valence-corrected chi connectivity index (χ2v) is 8.81. The summed E-state index contributed by atoms with van der Waals surface area (Å²) in [5, 5.41) is 1.97. The highest BCUT2D eigenvalue weighted by Crippen LogP contribution is 2.42. The maximum atomic E-state index is 12.8. The molecule has 2 aliphatic heterocycles. The average molecular weight is 407 g/mol. The number of piperidine rings is 1. The lowest BCUT2D eigenvalue weighted by atomic mass is 9.83. The van der Waals surface area contributed by atoms with Crippen molar-refractivity contribution in [2.24, 2.45) is 0 Å². The highest BCUT2D eigenvalue weighted by molar-refractivity contribution is 7.12. The minimum absolute atomic E-state index is 0.0771. The van der Waals surface area contributed by atoms with Crippen LogP contribution in [0.5, 0.6) is 0 Å². The van der Waals surface area contributed by atoms with E-state index in [1.807, 2.05) is 28.6 Å². The lowest BCUT2D eigenvalue weighted by Gasteiger charge is -2.50. The number of carbonyl (C=O) groups is 1. The van der Waals surface area contributed by atoms with Crippen molar-refractivity contribution in [3.8, 4) is 11.3 Å². The highest BCUT2D eigenvalue weighted by Gasteiger charge is 2.47. The van der Waals surface area contributed by atoms with Crippen molar-refractivity contribution in [1.82, 2.24) is 19.4 Å². The van der Waals surface area contributed by atoms with Crippen LogP contribution in [0.2, 0.25) is 0 Å². The Morgan fingerprint density at radius 2 is 1.86 bits per heavy atom. The molecule has 5 nitrogen and oxygen atoms in total. The zero-order valence-electron chi connectivity index (χ0n) is 16.8. The van der Waals surface area contributed by atoms with E-state index in [0.717, 1.165) is 50.4 Å². The fraction of sp³-hybridized carbons (Fsp3) is 0.391. The molecule has 0 saturated carbocycles. The Labute approximate surface area is 175 Å². The van der Waals surface area contributed by atoms with Crippen molar-refractivity contribution < 1.29 is 4.79 Å². The summed E-state index contributed by atoms with van der Waals surface area (Å²) in [6.07, 6.45) is 3.90. The number of amides is 1. The summed E-state index contributed by atoms with van der Waals surface area (Å²) in [4.78, 5) is 23.2. The van der Waals surface area contributed by atoms with E-state index in [1.165, 1.54) is 28.4 Å². The summed E-state index contributed by atoms with van der Waals surface area (Å²) in [6.45, 7) is 6.79. The molecular formula is C23H26N4OS. The number of hydrogen-bond acceptors (Lipinski definition) is 4. The van der Waals surface area contributed by atoms with Gasteiger partial charge < -0.3 is 9.47 Å². The van der Waals surface area contributed by atoms with Gasteiger partial charge in [-0.25, -0.2) is 4.98 Å². The fourth-order valence-corrected chi connectivity index (χ4v) is 5.72. The molecule has 1 aromatic carbocycles. The van der Waals surface area contributed by atoms with Crippen LogP contribution in [0.15, 0.2) is 54.0 Å². The van der Waals surface area contributed by atoms with Crippen molar-refractivity contribution in [2.75, 3.05) is 26.2 Å². The number of rotatable bonds is 3. The van der Waals surface area contributed by atoms with Gasteiger partial charge in [-0.05, 0) is 36.4 Å². The quantitative estimate of drug-likeness (QED) is 0.658. The summed E-state index contributed by atoms with van der Waals surface area (Å²) < 4.78 is 2.41. The van der Waals surface area contributed by atoms with Crippen LogP contribution < -0.4 is 0 Å². The number of likely N-dealkylation sites (N-methyl/N-ethyl adjacent to an activating group) is 1. The third-order valence-corrected chi connectivity index (χ3v) is 7.39. The number of benzene rings is 1. The maximum absolute atomic E-state index is 12.8. The third kappa shape index (κ3) is 3.02. The monoisotopic (exact) mass is 406 g/mol. The molecule has 3 aromatic rings. The third-order valence-electron chi connectivity index (χ3n) is 6.53. The topological polar surface area (TPSA) is 41.4 Å². The molecule has 150 valence electrons. The molecule has 1 spiro atoms. The number of fused-ring (bicyclic) bond motifs is 2. The summed E-state index contributed by atoms with van der Waals surface area (Å²) in [7, 11) is 0. The fourth-order valence-electron chi connectivity index (χ4n) is 5.03. The zero-order valence-corrected chi connectivity index (χ0v) is 17.6. The van der Waals surface area contributed by atoms with Gasteiger partial charge >= 0.3 is 0 Å². The molecule has 0 bridgehead atoms. The number of carbonyl (C=O) groups excluding carboxylic acids is 1. The van der Waals surface area contributed by atoms with Crippen LogP contribution in [0.1, 0.15) is 35.3 Å². The molecule has 2 aromatic heterocycles.